The van der Waals surface area contributed by atoms with Crippen LogP contribution in [0.4, 0.5) is 4.79 Å². The van der Waals surface area contributed by atoms with Gasteiger partial charge in [-0.25, -0.2) is 18.0 Å². The van der Waals surface area contributed by atoms with Crippen LogP contribution in [0.15, 0.2) is 58.6 Å². The lowest BCUT2D eigenvalue weighted by Gasteiger charge is -2.29. The summed E-state index contributed by atoms with van der Waals surface area (Å²) in [7, 11) is -1.63. The van der Waals surface area contributed by atoms with Crippen molar-refractivity contribution in [1.29, 1.82) is 0 Å². The predicted octanol–water partition coefficient (Wildman–Crippen LogP) is 2.31. The van der Waals surface area contributed by atoms with E-state index in [4.69, 9.17) is 21.1 Å². The summed E-state index contributed by atoms with van der Waals surface area (Å²) < 4.78 is 36.3. The maximum Gasteiger partial charge on any atom is 0.338 e. The SMILES string of the molecule is COC(=O)C1=C(CS(=O)(=O)c2cc(Cl)ccc2OC)NC(=O)N[C@H]1c1ccc(O)cc1. The molecule has 11 heteroatoms. The number of amides is 2. The number of carbonyl (C=O) groups excluding carboxylic acids is 2. The quantitative estimate of drug-likeness (QED) is 0.556. The summed E-state index contributed by atoms with van der Waals surface area (Å²) in [5, 5.41) is 14.7. The van der Waals surface area contributed by atoms with Crippen molar-refractivity contribution in [2.45, 2.75) is 10.9 Å². The Hall–Kier alpha value is -3.24. The van der Waals surface area contributed by atoms with Crippen LogP contribution in [0.3, 0.4) is 0 Å². The number of esters is 1. The zero-order valence-electron chi connectivity index (χ0n) is 16.5. The largest absolute Gasteiger partial charge is 0.508 e. The van der Waals surface area contributed by atoms with Crippen molar-refractivity contribution in [2.75, 3.05) is 20.0 Å². The zero-order chi connectivity index (χ0) is 22.8. The highest BCUT2D eigenvalue weighted by molar-refractivity contribution is 7.91. The molecule has 2 amide bonds. The van der Waals surface area contributed by atoms with E-state index in [1.807, 2.05) is 0 Å². The average Bonchev–Trinajstić information content (AvgIpc) is 2.73. The van der Waals surface area contributed by atoms with Gasteiger partial charge in [-0.1, -0.05) is 23.7 Å². The fourth-order valence-electron chi connectivity index (χ4n) is 3.16. The molecule has 1 heterocycles. The summed E-state index contributed by atoms with van der Waals surface area (Å²) in [5.41, 5.74) is 0.219. The number of carbonyl (C=O) groups is 2. The normalized spacial score (nSPS) is 16.4. The first-order valence-electron chi connectivity index (χ1n) is 8.90. The fourth-order valence-corrected chi connectivity index (χ4v) is 4.93. The van der Waals surface area contributed by atoms with E-state index < -0.39 is 33.6 Å². The molecule has 0 fully saturated rings. The molecule has 31 heavy (non-hydrogen) atoms. The molecular formula is C20H19ClN2O7S. The summed E-state index contributed by atoms with van der Waals surface area (Å²) in [6.07, 6.45) is 0. The average molecular weight is 467 g/mol. The van der Waals surface area contributed by atoms with E-state index in [9.17, 15) is 23.1 Å². The number of hydrogen-bond donors (Lipinski definition) is 3. The molecule has 0 saturated carbocycles. The first kappa shape index (κ1) is 22.4. The number of sulfone groups is 1. The topological polar surface area (TPSA) is 131 Å². The van der Waals surface area contributed by atoms with E-state index in [2.05, 4.69) is 10.6 Å². The van der Waals surface area contributed by atoms with Crippen LogP contribution in [0.5, 0.6) is 11.5 Å². The van der Waals surface area contributed by atoms with Gasteiger partial charge >= 0.3 is 12.0 Å². The lowest BCUT2D eigenvalue weighted by Crippen LogP contribution is -2.47. The Balaban J connectivity index is 2.13. The van der Waals surface area contributed by atoms with Gasteiger partial charge in [0.1, 0.15) is 16.4 Å². The standard InChI is InChI=1S/C20H19ClN2O7S/c1-29-15-8-5-12(21)9-16(15)31(27,28)10-14-17(19(25)30-2)18(23-20(26)22-14)11-3-6-13(24)7-4-11/h3-9,18,24H,10H2,1-2H3,(H2,22,23,26)/t18-/m0/s1. The van der Waals surface area contributed by atoms with E-state index in [1.54, 1.807) is 0 Å². The van der Waals surface area contributed by atoms with Crippen molar-refractivity contribution in [3.8, 4) is 11.5 Å². The number of rotatable bonds is 6. The molecule has 0 radical (unpaired) electrons. The second-order valence-electron chi connectivity index (χ2n) is 6.56. The lowest BCUT2D eigenvalue weighted by molar-refractivity contribution is -0.136. The van der Waals surface area contributed by atoms with Gasteiger partial charge in [-0.15, -0.1) is 0 Å². The van der Waals surface area contributed by atoms with E-state index in [-0.39, 0.29) is 32.7 Å². The van der Waals surface area contributed by atoms with Crippen LogP contribution in [-0.4, -0.2) is 45.5 Å². The van der Waals surface area contributed by atoms with Gasteiger partial charge in [0.2, 0.25) is 0 Å². The fraction of sp³-hybridized carbons (Fsp3) is 0.200. The van der Waals surface area contributed by atoms with E-state index in [1.165, 1.54) is 49.6 Å². The van der Waals surface area contributed by atoms with Crippen LogP contribution >= 0.6 is 11.6 Å². The Kier molecular flexibility index (Phi) is 6.42. The third-order valence-corrected chi connectivity index (χ3v) is 6.47. The highest BCUT2D eigenvalue weighted by atomic mass is 35.5. The minimum absolute atomic E-state index is 0.0107. The smallest absolute Gasteiger partial charge is 0.338 e. The third-order valence-electron chi connectivity index (χ3n) is 4.58. The monoisotopic (exact) mass is 466 g/mol. The Labute approximate surface area is 183 Å². The molecule has 0 bridgehead atoms. The molecule has 0 saturated heterocycles. The van der Waals surface area contributed by atoms with Crippen LogP contribution in [0.25, 0.3) is 0 Å². The van der Waals surface area contributed by atoms with Gasteiger partial charge < -0.3 is 25.2 Å². The van der Waals surface area contributed by atoms with Crippen LogP contribution < -0.4 is 15.4 Å². The van der Waals surface area contributed by atoms with Crippen LogP contribution in [0.1, 0.15) is 11.6 Å². The lowest BCUT2D eigenvalue weighted by atomic mass is 9.95. The molecule has 164 valence electrons. The van der Waals surface area contributed by atoms with Crippen molar-refractivity contribution >= 4 is 33.4 Å². The van der Waals surface area contributed by atoms with Gasteiger partial charge in [0.15, 0.2) is 9.84 Å². The third kappa shape index (κ3) is 4.75. The molecule has 2 aromatic rings. The number of nitrogens with one attached hydrogen (secondary N) is 2. The summed E-state index contributed by atoms with van der Waals surface area (Å²) >= 11 is 5.96. The van der Waals surface area contributed by atoms with Gasteiger partial charge in [0.25, 0.3) is 0 Å². The first-order valence-corrected chi connectivity index (χ1v) is 10.9. The van der Waals surface area contributed by atoms with Gasteiger partial charge in [-0.2, -0.15) is 0 Å². The molecule has 0 aromatic heterocycles. The van der Waals surface area contributed by atoms with Crippen molar-refractivity contribution in [3.05, 3.63) is 64.3 Å². The molecule has 1 atom stereocenters. The van der Waals surface area contributed by atoms with Crippen molar-refractivity contribution in [3.63, 3.8) is 0 Å². The number of halogens is 1. The maximum atomic E-state index is 13.2. The van der Waals surface area contributed by atoms with Crippen molar-refractivity contribution in [2.24, 2.45) is 0 Å². The summed E-state index contributed by atoms with van der Waals surface area (Å²) in [5.74, 6) is -1.48. The van der Waals surface area contributed by atoms with E-state index in [0.717, 1.165) is 7.11 Å². The Morgan fingerprint density at radius 2 is 1.84 bits per heavy atom. The predicted molar refractivity (Wildman–Crippen MR) is 112 cm³/mol. The molecular weight excluding hydrogens is 448 g/mol. The van der Waals surface area contributed by atoms with Crippen molar-refractivity contribution in [1.82, 2.24) is 10.6 Å². The van der Waals surface area contributed by atoms with Gasteiger partial charge in [0.05, 0.1) is 31.6 Å². The number of hydrogen-bond acceptors (Lipinski definition) is 7. The summed E-state index contributed by atoms with van der Waals surface area (Å²) in [6.45, 7) is 0. The van der Waals surface area contributed by atoms with Crippen LogP contribution in [-0.2, 0) is 19.4 Å². The van der Waals surface area contributed by atoms with Gasteiger partial charge in [-0.3, -0.25) is 0 Å². The molecule has 3 rings (SSSR count). The number of urea groups is 1. The molecule has 1 aliphatic rings. The molecule has 2 aromatic carbocycles. The highest BCUT2D eigenvalue weighted by Gasteiger charge is 2.36. The minimum Gasteiger partial charge on any atom is -0.508 e. The molecule has 0 aliphatic carbocycles. The number of methoxy groups -OCH3 is 2. The van der Waals surface area contributed by atoms with E-state index in [0.29, 0.717) is 5.56 Å². The number of phenols is 1. The molecule has 3 N–H and O–H groups in total. The second-order valence-corrected chi connectivity index (χ2v) is 8.96. The number of aromatic hydroxyl groups is 1. The van der Waals surface area contributed by atoms with Gasteiger partial charge in [0, 0.05) is 10.7 Å². The first-order chi connectivity index (χ1) is 14.7. The second kappa shape index (κ2) is 8.86. The van der Waals surface area contributed by atoms with E-state index >= 15 is 0 Å². The van der Waals surface area contributed by atoms with Crippen molar-refractivity contribution < 1.29 is 32.6 Å². The Morgan fingerprint density at radius 3 is 2.45 bits per heavy atom. The molecule has 1 aliphatic heterocycles. The minimum atomic E-state index is -4.09. The Morgan fingerprint density at radius 1 is 1.16 bits per heavy atom. The number of phenolic OH excluding ortho intramolecular Hbond substituents is 1. The maximum absolute atomic E-state index is 13.2. The number of ether oxygens (including phenoxy) is 2. The molecule has 9 nitrogen and oxygen atoms in total. The van der Waals surface area contributed by atoms with Gasteiger partial charge in [-0.05, 0) is 35.9 Å². The van der Waals surface area contributed by atoms with Crippen LogP contribution in [0.2, 0.25) is 5.02 Å². The highest BCUT2D eigenvalue weighted by Crippen LogP contribution is 2.32. The van der Waals surface area contributed by atoms with Crippen LogP contribution in [0, 0.1) is 0 Å². The zero-order valence-corrected chi connectivity index (χ0v) is 18.1. The molecule has 0 unspecified atom stereocenters. The number of benzene rings is 2. The summed E-state index contributed by atoms with van der Waals surface area (Å²) in [6, 6.07) is 8.19. The molecule has 0 spiro atoms. The Bertz CT molecular complexity index is 1160. The summed E-state index contributed by atoms with van der Waals surface area (Å²) in [4.78, 5) is 24.7.